The second-order valence-electron chi connectivity index (χ2n) is 7.99. The van der Waals surface area contributed by atoms with Crippen molar-refractivity contribution in [2.24, 2.45) is 23.7 Å². The number of rotatable bonds is 4. The number of nitrogens with zero attached hydrogens (tertiary/aromatic N) is 1. The number of benzene rings is 1. The molecular weight excluding hydrogens is 344 g/mol. The molecule has 1 N–H and O–H groups in total. The average Bonchev–Trinajstić information content (AvgIpc) is 3.09. The molecule has 4 nitrogen and oxygen atoms in total. The molecule has 4 fully saturated rings. The summed E-state index contributed by atoms with van der Waals surface area (Å²) >= 11 is 1.63. The van der Waals surface area contributed by atoms with Crippen molar-refractivity contribution < 1.29 is 9.53 Å². The number of hydrogen-bond donors (Lipinski definition) is 1. The van der Waals surface area contributed by atoms with E-state index in [-0.39, 0.29) is 6.09 Å². The van der Waals surface area contributed by atoms with Crippen molar-refractivity contribution in [1.82, 2.24) is 4.90 Å². The van der Waals surface area contributed by atoms with Gasteiger partial charge in [-0.25, -0.2) is 4.79 Å². The quantitative estimate of drug-likeness (QED) is 0.861. The zero-order valence-electron chi connectivity index (χ0n) is 14.8. The molecule has 1 saturated carbocycles. The molecular formula is C21H24N2O2S. The van der Waals surface area contributed by atoms with Gasteiger partial charge in [-0.15, -0.1) is 11.3 Å². The number of hydrogen-bond acceptors (Lipinski definition) is 4. The normalized spacial score (nSPS) is 31.8. The van der Waals surface area contributed by atoms with Gasteiger partial charge < -0.3 is 9.64 Å². The first-order chi connectivity index (χ1) is 12.8. The lowest BCUT2D eigenvalue weighted by Crippen LogP contribution is -2.58. The third-order valence-electron chi connectivity index (χ3n) is 6.33. The van der Waals surface area contributed by atoms with E-state index in [2.05, 4.69) is 22.3 Å². The molecule has 1 aromatic carbocycles. The van der Waals surface area contributed by atoms with E-state index in [1.165, 1.54) is 32.5 Å². The van der Waals surface area contributed by atoms with Crippen LogP contribution in [0.4, 0.5) is 10.5 Å². The first kappa shape index (κ1) is 16.3. The van der Waals surface area contributed by atoms with E-state index in [1.54, 1.807) is 11.3 Å². The summed E-state index contributed by atoms with van der Waals surface area (Å²) in [5.41, 5.74) is 1.95. The molecule has 5 heteroatoms. The van der Waals surface area contributed by atoms with E-state index in [0.717, 1.165) is 33.9 Å². The van der Waals surface area contributed by atoms with Crippen LogP contribution in [0.2, 0.25) is 0 Å². The highest BCUT2D eigenvalue weighted by atomic mass is 32.1. The molecule has 136 valence electrons. The lowest BCUT2D eigenvalue weighted by Gasteiger charge is -2.55. The molecule has 1 aliphatic carbocycles. The minimum atomic E-state index is -0.324. The van der Waals surface area contributed by atoms with E-state index < -0.39 is 0 Å². The van der Waals surface area contributed by atoms with Gasteiger partial charge in [0.2, 0.25) is 0 Å². The molecule has 0 radical (unpaired) electrons. The number of nitrogens with one attached hydrogen (secondary N) is 1. The lowest BCUT2D eigenvalue weighted by atomic mass is 9.62. The zero-order valence-corrected chi connectivity index (χ0v) is 15.6. The molecule has 2 aromatic rings. The van der Waals surface area contributed by atoms with Crippen molar-refractivity contribution in [2.45, 2.75) is 12.8 Å². The van der Waals surface area contributed by atoms with Gasteiger partial charge in [0.1, 0.15) is 0 Å². The van der Waals surface area contributed by atoms with Crippen LogP contribution in [0.5, 0.6) is 0 Å². The van der Waals surface area contributed by atoms with Crippen LogP contribution in [-0.2, 0) is 4.74 Å². The largest absolute Gasteiger partial charge is 0.449 e. The number of carbonyl (C=O) groups is 1. The number of amides is 1. The third-order valence-corrected chi connectivity index (χ3v) is 7.29. The highest BCUT2D eigenvalue weighted by Crippen LogP contribution is 2.47. The molecule has 6 rings (SSSR count). The Kier molecular flexibility index (Phi) is 4.21. The Morgan fingerprint density at radius 1 is 1.12 bits per heavy atom. The summed E-state index contributed by atoms with van der Waals surface area (Å²) in [4.78, 5) is 16.1. The Labute approximate surface area is 158 Å². The Morgan fingerprint density at radius 3 is 2.62 bits per heavy atom. The van der Waals surface area contributed by atoms with Crippen LogP contribution < -0.4 is 5.32 Å². The highest BCUT2D eigenvalue weighted by molar-refractivity contribution is 7.14. The van der Waals surface area contributed by atoms with Crippen LogP contribution in [-0.4, -0.2) is 37.2 Å². The molecule has 1 amide bonds. The molecule has 1 unspecified atom stereocenters. The van der Waals surface area contributed by atoms with Gasteiger partial charge in [-0.3, -0.25) is 5.32 Å². The fourth-order valence-corrected chi connectivity index (χ4v) is 6.18. The van der Waals surface area contributed by atoms with Crippen molar-refractivity contribution in [1.29, 1.82) is 0 Å². The zero-order chi connectivity index (χ0) is 17.5. The first-order valence-corrected chi connectivity index (χ1v) is 10.4. The van der Waals surface area contributed by atoms with Crippen LogP contribution in [0.1, 0.15) is 12.8 Å². The van der Waals surface area contributed by atoms with Crippen LogP contribution in [0.3, 0.4) is 0 Å². The summed E-state index contributed by atoms with van der Waals surface area (Å²) in [5.74, 6) is 2.87. The van der Waals surface area contributed by atoms with Crippen LogP contribution in [0, 0.1) is 23.7 Å². The Bertz CT molecular complexity index is 760. The minimum absolute atomic E-state index is 0.324. The number of ether oxygens (including phenoxy) is 1. The van der Waals surface area contributed by atoms with Crippen LogP contribution in [0.25, 0.3) is 10.4 Å². The van der Waals surface area contributed by atoms with Crippen molar-refractivity contribution in [3.8, 4) is 10.4 Å². The maximum Gasteiger partial charge on any atom is 0.411 e. The van der Waals surface area contributed by atoms with E-state index >= 15 is 0 Å². The molecule has 1 aromatic heterocycles. The second kappa shape index (κ2) is 6.71. The predicted octanol–water partition coefficient (Wildman–Crippen LogP) is 4.55. The number of carbonyl (C=O) groups excluding carboxylic acids is 1. The summed E-state index contributed by atoms with van der Waals surface area (Å²) in [5, 5.41) is 4.95. The Hall–Kier alpha value is -1.85. The third kappa shape index (κ3) is 3.03. The van der Waals surface area contributed by atoms with Gasteiger partial charge in [-0.1, -0.05) is 30.3 Å². The first-order valence-electron chi connectivity index (χ1n) is 9.55. The summed E-state index contributed by atoms with van der Waals surface area (Å²) in [6, 6.07) is 12.1. The van der Waals surface area contributed by atoms with Crippen molar-refractivity contribution in [3.63, 3.8) is 0 Å². The summed E-state index contributed by atoms with van der Waals surface area (Å²) in [7, 11) is 0. The molecule has 4 aliphatic rings. The van der Waals surface area contributed by atoms with E-state index in [1.807, 2.05) is 29.6 Å². The summed E-state index contributed by atoms with van der Waals surface area (Å²) in [6.07, 6.45) is 2.33. The molecule has 0 spiro atoms. The van der Waals surface area contributed by atoms with Gasteiger partial charge in [0.25, 0.3) is 0 Å². The number of thiophene rings is 1. The summed E-state index contributed by atoms with van der Waals surface area (Å²) < 4.78 is 5.67. The SMILES string of the molecule is O=C(Nc1ccsc1-c1ccccc1)OC[C@@H]1[C@@H]2C[C@@H]3C[C@H]1CN(C3)C2. The van der Waals surface area contributed by atoms with Crippen molar-refractivity contribution in [3.05, 3.63) is 41.8 Å². The molecule has 4 bridgehead atoms. The predicted molar refractivity (Wildman–Crippen MR) is 104 cm³/mol. The average molecular weight is 369 g/mol. The fourth-order valence-electron chi connectivity index (χ4n) is 5.32. The number of piperidine rings is 3. The maximum atomic E-state index is 12.4. The smallest absolute Gasteiger partial charge is 0.411 e. The van der Waals surface area contributed by atoms with Gasteiger partial charge in [0.15, 0.2) is 0 Å². The van der Waals surface area contributed by atoms with Crippen molar-refractivity contribution >= 4 is 23.1 Å². The minimum Gasteiger partial charge on any atom is -0.449 e. The van der Waals surface area contributed by atoms with Gasteiger partial charge in [0.05, 0.1) is 17.2 Å². The van der Waals surface area contributed by atoms with E-state index in [4.69, 9.17) is 4.74 Å². The summed E-state index contributed by atoms with van der Waals surface area (Å²) in [6.45, 7) is 4.25. The Balaban J connectivity index is 1.21. The van der Waals surface area contributed by atoms with E-state index in [9.17, 15) is 4.79 Å². The molecule has 5 atom stereocenters. The highest BCUT2D eigenvalue weighted by Gasteiger charge is 2.47. The van der Waals surface area contributed by atoms with Crippen LogP contribution in [0.15, 0.2) is 41.8 Å². The molecule has 3 saturated heterocycles. The van der Waals surface area contributed by atoms with Gasteiger partial charge in [0, 0.05) is 25.6 Å². The monoisotopic (exact) mass is 368 g/mol. The maximum absolute atomic E-state index is 12.4. The lowest BCUT2D eigenvalue weighted by molar-refractivity contribution is -0.0807. The van der Waals surface area contributed by atoms with E-state index in [0.29, 0.717) is 12.5 Å². The molecule has 26 heavy (non-hydrogen) atoms. The molecule has 4 heterocycles. The fraction of sp³-hybridized carbons (Fsp3) is 0.476. The van der Waals surface area contributed by atoms with Gasteiger partial charge in [-0.2, -0.15) is 0 Å². The van der Waals surface area contributed by atoms with Crippen molar-refractivity contribution in [2.75, 3.05) is 31.6 Å². The van der Waals surface area contributed by atoms with Gasteiger partial charge >= 0.3 is 6.09 Å². The van der Waals surface area contributed by atoms with Crippen LogP contribution >= 0.6 is 11.3 Å². The number of anilines is 1. The standard InChI is InChI=1S/C21H24N2O2S/c24-21(22-19-6-7-26-20(19)15-4-2-1-3-5-15)25-13-18-16-8-14-9-17(18)12-23(10-14)11-16/h1-7,14,16-18H,8-13H2,(H,22,24)/t14-,16-,17+,18-. The topological polar surface area (TPSA) is 41.6 Å². The second-order valence-corrected chi connectivity index (χ2v) is 8.91. The molecule has 3 aliphatic heterocycles. The Morgan fingerprint density at radius 2 is 1.88 bits per heavy atom. The van der Waals surface area contributed by atoms with Gasteiger partial charge in [-0.05, 0) is 47.6 Å².